The lowest BCUT2D eigenvalue weighted by molar-refractivity contribution is 0.601. The Kier molecular flexibility index (Phi) is 3.26. The summed E-state index contributed by atoms with van der Waals surface area (Å²) < 4.78 is 1.81. The summed E-state index contributed by atoms with van der Waals surface area (Å²) in [5, 5.41) is 14.6. The van der Waals surface area contributed by atoms with Crippen LogP contribution in [0.1, 0.15) is 17.0 Å². The molecule has 1 heterocycles. The Balaban J connectivity index is 2.13. The SMILES string of the molecule is CNCc1nnnn1Cc1ccc(C)cc1. The lowest BCUT2D eigenvalue weighted by Crippen LogP contribution is -2.14. The molecule has 1 N–H and O–H groups in total. The van der Waals surface area contributed by atoms with Crippen molar-refractivity contribution in [1.82, 2.24) is 25.5 Å². The number of hydrogen-bond acceptors (Lipinski definition) is 4. The zero-order chi connectivity index (χ0) is 11.4. The Labute approximate surface area is 94.5 Å². The van der Waals surface area contributed by atoms with Gasteiger partial charge in [-0.2, -0.15) is 0 Å². The number of nitrogens with zero attached hydrogens (tertiary/aromatic N) is 4. The highest BCUT2D eigenvalue weighted by Gasteiger charge is 2.04. The van der Waals surface area contributed by atoms with E-state index in [0.29, 0.717) is 13.1 Å². The molecule has 0 aliphatic rings. The number of aryl methyl sites for hydroxylation is 1. The van der Waals surface area contributed by atoms with Crippen LogP contribution in [0.3, 0.4) is 0 Å². The van der Waals surface area contributed by atoms with E-state index in [1.165, 1.54) is 11.1 Å². The van der Waals surface area contributed by atoms with E-state index < -0.39 is 0 Å². The minimum atomic E-state index is 0.679. The second kappa shape index (κ2) is 4.85. The summed E-state index contributed by atoms with van der Waals surface area (Å²) in [6.45, 7) is 3.47. The highest BCUT2D eigenvalue weighted by molar-refractivity contribution is 5.21. The van der Waals surface area contributed by atoms with E-state index in [-0.39, 0.29) is 0 Å². The van der Waals surface area contributed by atoms with Crippen LogP contribution < -0.4 is 5.32 Å². The number of rotatable bonds is 4. The summed E-state index contributed by atoms with van der Waals surface area (Å²) in [7, 11) is 1.88. The van der Waals surface area contributed by atoms with Crippen molar-refractivity contribution in [3.05, 3.63) is 41.2 Å². The van der Waals surface area contributed by atoms with Crippen LogP contribution in [0.2, 0.25) is 0 Å². The molecule has 1 aromatic carbocycles. The van der Waals surface area contributed by atoms with Gasteiger partial charge in [-0.15, -0.1) is 5.10 Å². The molecule has 0 aliphatic carbocycles. The van der Waals surface area contributed by atoms with Crippen LogP contribution in [0.25, 0.3) is 0 Å². The van der Waals surface area contributed by atoms with Crippen molar-refractivity contribution in [2.24, 2.45) is 0 Å². The molecule has 84 valence electrons. The van der Waals surface area contributed by atoms with Crippen LogP contribution in [0.4, 0.5) is 0 Å². The third kappa shape index (κ3) is 2.43. The molecule has 0 radical (unpaired) electrons. The maximum Gasteiger partial charge on any atom is 0.165 e. The minimum Gasteiger partial charge on any atom is -0.313 e. The maximum atomic E-state index is 3.97. The number of hydrogen-bond donors (Lipinski definition) is 1. The third-order valence-electron chi connectivity index (χ3n) is 2.39. The van der Waals surface area contributed by atoms with E-state index in [2.05, 4.69) is 52.0 Å². The van der Waals surface area contributed by atoms with Crippen LogP contribution in [0.15, 0.2) is 24.3 Å². The summed E-state index contributed by atoms with van der Waals surface area (Å²) in [4.78, 5) is 0. The highest BCUT2D eigenvalue weighted by atomic mass is 15.5. The second-order valence-electron chi connectivity index (χ2n) is 3.77. The minimum absolute atomic E-state index is 0.679. The molecule has 0 saturated carbocycles. The van der Waals surface area contributed by atoms with Gasteiger partial charge in [-0.25, -0.2) is 4.68 Å². The zero-order valence-electron chi connectivity index (χ0n) is 9.51. The smallest absolute Gasteiger partial charge is 0.165 e. The van der Waals surface area contributed by atoms with E-state index in [4.69, 9.17) is 0 Å². The van der Waals surface area contributed by atoms with Gasteiger partial charge in [-0.1, -0.05) is 29.8 Å². The summed E-state index contributed by atoms with van der Waals surface area (Å²) in [6, 6.07) is 8.38. The summed E-state index contributed by atoms with van der Waals surface area (Å²) in [6.07, 6.45) is 0. The van der Waals surface area contributed by atoms with Crippen molar-refractivity contribution in [2.45, 2.75) is 20.0 Å². The van der Waals surface area contributed by atoms with Gasteiger partial charge in [0.2, 0.25) is 0 Å². The topological polar surface area (TPSA) is 55.6 Å². The van der Waals surface area contributed by atoms with Crippen LogP contribution in [0, 0.1) is 6.92 Å². The predicted molar refractivity (Wildman–Crippen MR) is 60.9 cm³/mol. The van der Waals surface area contributed by atoms with E-state index >= 15 is 0 Å². The Bertz CT molecular complexity index is 446. The first-order valence-corrected chi connectivity index (χ1v) is 5.25. The average Bonchev–Trinajstić information content (AvgIpc) is 2.70. The molecule has 0 saturated heterocycles. The van der Waals surface area contributed by atoms with Gasteiger partial charge in [0, 0.05) is 0 Å². The molecule has 0 amide bonds. The van der Waals surface area contributed by atoms with E-state index in [1.54, 1.807) is 4.68 Å². The summed E-state index contributed by atoms with van der Waals surface area (Å²) >= 11 is 0. The van der Waals surface area contributed by atoms with Gasteiger partial charge in [0.15, 0.2) is 5.82 Å². The Morgan fingerprint density at radius 1 is 1.25 bits per heavy atom. The van der Waals surface area contributed by atoms with Crippen LogP contribution >= 0.6 is 0 Å². The van der Waals surface area contributed by atoms with Crippen molar-refractivity contribution >= 4 is 0 Å². The molecular weight excluding hydrogens is 202 g/mol. The fourth-order valence-electron chi connectivity index (χ4n) is 1.50. The first kappa shape index (κ1) is 10.8. The molecule has 0 spiro atoms. The van der Waals surface area contributed by atoms with Crippen molar-refractivity contribution in [3.63, 3.8) is 0 Å². The average molecular weight is 217 g/mol. The van der Waals surface area contributed by atoms with Gasteiger partial charge in [0.05, 0.1) is 13.1 Å². The molecular formula is C11H15N5. The van der Waals surface area contributed by atoms with Crippen LogP contribution in [-0.2, 0) is 13.1 Å². The largest absolute Gasteiger partial charge is 0.313 e. The molecule has 2 aromatic rings. The molecule has 0 bridgehead atoms. The molecule has 0 fully saturated rings. The zero-order valence-corrected chi connectivity index (χ0v) is 9.51. The van der Waals surface area contributed by atoms with Crippen LogP contribution in [0.5, 0.6) is 0 Å². The molecule has 0 atom stereocenters. The van der Waals surface area contributed by atoms with Gasteiger partial charge in [-0.3, -0.25) is 0 Å². The lowest BCUT2D eigenvalue weighted by Gasteiger charge is -2.04. The molecule has 5 heteroatoms. The van der Waals surface area contributed by atoms with Gasteiger partial charge in [0.1, 0.15) is 0 Å². The van der Waals surface area contributed by atoms with Crippen molar-refractivity contribution < 1.29 is 0 Å². The predicted octanol–water partition coefficient (Wildman–Crippen LogP) is 0.749. The summed E-state index contributed by atoms with van der Waals surface area (Å²) in [5.41, 5.74) is 2.46. The highest BCUT2D eigenvalue weighted by Crippen LogP contribution is 2.05. The Morgan fingerprint density at radius 2 is 2.00 bits per heavy atom. The molecule has 16 heavy (non-hydrogen) atoms. The van der Waals surface area contributed by atoms with Gasteiger partial charge in [-0.05, 0) is 30.0 Å². The quantitative estimate of drug-likeness (QED) is 0.821. The van der Waals surface area contributed by atoms with Crippen molar-refractivity contribution in [2.75, 3.05) is 7.05 Å². The maximum absolute atomic E-state index is 3.97. The van der Waals surface area contributed by atoms with E-state index in [9.17, 15) is 0 Å². The van der Waals surface area contributed by atoms with Gasteiger partial charge < -0.3 is 5.32 Å². The Hall–Kier alpha value is -1.75. The number of aromatic nitrogens is 4. The van der Waals surface area contributed by atoms with Gasteiger partial charge in [0.25, 0.3) is 0 Å². The first-order valence-electron chi connectivity index (χ1n) is 5.25. The van der Waals surface area contributed by atoms with Crippen molar-refractivity contribution in [3.8, 4) is 0 Å². The van der Waals surface area contributed by atoms with E-state index in [1.807, 2.05) is 7.05 Å². The Morgan fingerprint density at radius 3 is 2.69 bits per heavy atom. The molecule has 2 rings (SSSR count). The first-order chi connectivity index (χ1) is 7.79. The number of benzene rings is 1. The fraction of sp³-hybridized carbons (Fsp3) is 0.364. The molecule has 0 aliphatic heterocycles. The van der Waals surface area contributed by atoms with Gasteiger partial charge >= 0.3 is 0 Å². The summed E-state index contributed by atoms with van der Waals surface area (Å²) in [5.74, 6) is 0.850. The lowest BCUT2D eigenvalue weighted by atomic mass is 10.1. The van der Waals surface area contributed by atoms with Crippen LogP contribution in [-0.4, -0.2) is 27.3 Å². The monoisotopic (exact) mass is 217 g/mol. The molecule has 1 aromatic heterocycles. The van der Waals surface area contributed by atoms with E-state index in [0.717, 1.165) is 5.82 Å². The normalized spacial score (nSPS) is 10.6. The standard InChI is InChI=1S/C11H15N5/c1-9-3-5-10(6-4-9)8-16-11(7-12-2)13-14-15-16/h3-6,12H,7-8H2,1-2H3. The second-order valence-corrected chi connectivity index (χ2v) is 3.77. The van der Waals surface area contributed by atoms with Crippen molar-refractivity contribution in [1.29, 1.82) is 0 Å². The number of nitrogens with one attached hydrogen (secondary N) is 1. The fourth-order valence-corrected chi connectivity index (χ4v) is 1.50. The third-order valence-corrected chi connectivity index (χ3v) is 2.39. The molecule has 0 unspecified atom stereocenters. The number of tetrazole rings is 1. The molecule has 5 nitrogen and oxygen atoms in total.